The molecule has 15 heavy (non-hydrogen) atoms. The molecule has 0 aliphatic rings. The van der Waals surface area contributed by atoms with Crippen LogP contribution in [0.25, 0.3) is 0 Å². The Bertz CT molecular complexity index is 436. The monoisotopic (exact) mass is 199 g/mol. The van der Waals surface area contributed by atoms with Gasteiger partial charge in [-0.1, -0.05) is 12.1 Å². The number of allylic oxidation sites excluding steroid dienone is 1. The zero-order chi connectivity index (χ0) is 11.1. The lowest BCUT2D eigenvalue weighted by Gasteiger charge is -2.02. The lowest BCUT2D eigenvalue weighted by molar-refractivity contribution is 0.282. The quantitative estimate of drug-likeness (QED) is 0.723. The molecule has 0 saturated heterocycles. The fraction of sp³-hybridized carbons (Fsp3) is 0.0909. The number of rotatable bonds is 3. The summed E-state index contributed by atoms with van der Waals surface area (Å²) < 4.78 is 0. The molecule has 0 aliphatic carbocycles. The topological polar surface area (TPSA) is 79.8 Å². The minimum Gasteiger partial charge on any atom is -0.392 e. The van der Waals surface area contributed by atoms with E-state index in [0.29, 0.717) is 0 Å². The number of benzene rings is 1. The van der Waals surface area contributed by atoms with Gasteiger partial charge in [-0.05, 0) is 17.7 Å². The zero-order valence-electron chi connectivity index (χ0n) is 7.94. The molecule has 0 radical (unpaired) electrons. The molecule has 0 heterocycles. The number of hydrogen-bond donors (Lipinski definition) is 2. The first kappa shape index (κ1) is 10.8. The van der Waals surface area contributed by atoms with Crippen LogP contribution in [-0.4, -0.2) is 5.11 Å². The van der Waals surface area contributed by atoms with Gasteiger partial charge in [0.1, 0.15) is 17.7 Å². The maximum absolute atomic E-state index is 8.88. The van der Waals surface area contributed by atoms with Crippen molar-refractivity contribution in [1.82, 2.24) is 0 Å². The van der Waals surface area contributed by atoms with Gasteiger partial charge in [-0.15, -0.1) is 0 Å². The third-order valence-corrected chi connectivity index (χ3v) is 1.73. The number of nitrogens with one attached hydrogen (secondary N) is 1. The Balaban J connectivity index is 2.79. The highest BCUT2D eigenvalue weighted by Gasteiger charge is 1.94. The van der Waals surface area contributed by atoms with Crippen LogP contribution in [0.15, 0.2) is 36.0 Å². The van der Waals surface area contributed by atoms with Gasteiger partial charge in [0, 0.05) is 11.9 Å². The highest BCUT2D eigenvalue weighted by atomic mass is 16.3. The molecule has 0 spiro atoms. The number of anilines is 1. The largest absolute Gasteiger partial charge is 0.392 e. The average Bonchev–Trinajstić information content (AvgIpc) is 2.31. The van der Waals surface area contributed by atoms with Gasteiger partial charge in [0.2, 0.25) is 0 Å². The van der Waals surface area contributed by atoms with E-state index in [0.717, 1.165) is 11.3 Å². The molecular formula is C11H9N3O. The van der Waals surface area contributed by atoms with E-state index in [2.05, 4.69) is 5.32 Å². The smallest absolute Gasteiger partial charge is 0.145 e. The summed E-state index contributed by atoms with van der Waals surface area (Å²) in [6.45, 7) is -0.0391. The molecule has 4 nitrogen and oxygen atoms in total. The van der Waals surface area contributed by atoms with Gasteiger partial charge < -0.3 is 10.4 Å². The first-order chi connectivity index (χ1) is 7.30. The Kier molecular flexibility index (Phi) is 3.91. The molecule has 74 valence electrons. The Morgan fingerprint density at radius 3 is 2.73 bits per heavy atom. The minimum atomic E-state index is -0.0391. The van der Waals surface area contributed by atoms with E-state index in [1.54, 1.807) is 36.4 Å². The Hall–Kier alpha value is -2.30. The van der Waals surface area contributed by atoms with Crippen molar-refractivity contribution in [3.8, 4) is 12.1 Å². The highest BCUT2D eigenvalue weighted by molar-refractivity contribution is 5.50. The van der Waals surface area contributed by atoms with Crippen LogP contribution in [0.1, 0.15) is 5.56 Å². The van der Waals surface area contributed by atoms with Crippen LogP contribution in [0.5, 0.6) is 0 Å². The molecule has 0 aromatic heterocycles. The molecule has 1 aromatic rings. The Morgan fingerprint density at radius 1 is 1.40 bits per heavy atom. The predicted molar refractivity (Wildman–Crippen MR) is 55.3 cm³/mol. The summed E-state index contributed by atoms with van der Waals surface area (Å²) in [7, 11) is 0. The molecule has 0 saturated carbocycles. The molecule has 0 unspecified atom stereocenters. The molecule has 1 rings (SSSR count). The average molecular weight is 199 g/mol. The van der Waals surface area contributed by atoms with Crippen molar-refractivity contribution < 1.29 is 5.11 Å². The third-order valence-electron chi connectivity index (χ3n) is 1.73. The molecule has 2 N–H and O–H groups in total. The molecule has 4 heteroatoms. The fourth-order valence-electron chi connectivity index (χ4n) is 1.00. The lowest BCUT2D eigenvalue weighted by Crippen LogP contribution is -1.91. The van der Waals surface area contributed by atoms with Gasteiger partial charge >= 0.3 is 0 Å². The van der Waals surface area contributed by atoms with Crippen molar-refractivity contribution >= 4 is 5.69 Å². The number of hydrogen-bond acceptors (Lipinski definition) is 4. The normalized spacial score (nSPS) is 8.47. The first-order valence-corrected chi connectivity index (χ1v) is 4.27. The summed E-state index contributed by atoms with van der Waals surface area (Å²) in [5.41, 5.74) is 1.50. The van der Waals surface area contributed by atoms with Gasteiger partial charge in [-0.25, -0.2) is 0 Å². The van der Waals surface area contributed by atoms with Gasteiger partial charge in [0.25, 0.3) is 0 Å². The summed E-state index contributed by atoms with van der Waals surface area (Å²) in [5.74, 6) is 0. The molecule has 0 aliphatic heterocycles. The van der Waals surface area contributed by atoms with Gasteiger partial charge in [-0.2, -0.15) is 10.5 Å². The van der Waals surface area contributed by atoms with Crippen molar-refractivity contribution in [2.24, 2.45) is 0 Å². The summed E-state index contributed by atoms with van der Waals surface area (Å²) >= 11 is 0. The number of aliphatic hydroxyl groups is 1. The van der Waals surface area contributed by atoms with Crippen molar-refractivity contribution in [3.63, 3.8) is 0 Å². The second-order valence-electron chi connectivity index (χ2n) is 2.78. The van der Waals surface area contributed by atoms with Gasteiger partial charge in [0.05, 0.1) is 6.61 Å². The summed E-state index contributed by atoms with van der Waals surface area (Å²) in [6, 6.07) is 10.6. The van der Waals surface area contributed by atoms with E-state index >= 15 is 0 Å². The fourth-order valence-corrected chi connectivity index (χ4v) is 1.00. The van der Waals surface area contributed by atoms with Crippen LogP contribution >= 0.6 is 0 Å². The van der Waals surface area contributed by atoms with E-state index in [-0.39, 0.29) is 12.2 Å². The molecular weight excluding hydrogens is 190 g/mol. The van der Waals surface area contributed by atoms with Crippen LogP contribution in [0, 0.1) is 22.7 Å². The highest BCUT2D eigenvalue weighted by Crippen LogP contribution is 2.10. The van der Waals surface area contributed by atoms with Crippen molar-refractivity contribution in [2.45, 2.75) is 6.61 Å². The second kappa shape index (κ2) is 5.43. The number of aliphatic hydroxyl groups excluding tert-OH is 1. The molecule has 1 aromatic carbocycles. The summed E-state index contributed by atoms with van der Waals surface area (Å²) in [4.78, 5) is 0. The Labute approximate surface area is 87.7 Å². The van der Waals surface area contributed by atoms with Crippen LogP contribution in [0.2, 0.25) is 0 Å². The van der Waals surface area contributed by atoms with E-state index in [4.69, 9.17) is 15.6 Å². The SMILES string of the molecule is N#CC(C#N)=CNc1cccc(CO)c1. The number of nitrogens with zero attached hydrogens (tertiary/aromatic N) is 2. The van der Waals surface area contributed by atoms with E-state index in [9.17, 15) is 0 Å². The van der Waals surface area contributed by atoms with E-state index in [1.165, 1.54) is 6.20 Å². The van der Waals surface area contributed by atoms with Gasteiger partial charge in [0.15, 0.2) is 0 Å². The Morgan fingerprint density at radius 2 is 2.13 bits per heavy atom. The van der Waals surface area contributed by atoms with Crippen molar-refractivity contribution in [2.75, 3.05) is 5.32 Å². The van der Waals surface area contributed by atoms with Crippen LogP contribution in [0.4, 0.5) is 5.69 Å². The third kappa shape index (κ3) is 3.15. The van der Waals surface area contributed by atoms with E-state index in [1.807, 2.05) is 0 Å². The van der Waals surface area contributed by atoms with Crippen molar-refractivity contribution in [3.05, 3.63) is 41.6 Å². The summed E-state index contributed by atoms with van der Waals surface area (Å²) in [6.07, 6.45) is 1.33. The molecule has 0 amide bonds. The first-order valence-electron chi connectivity index (χ1n) is 4.27. The van der Waals surface area contributed by atoms with Crippen LogP contribution in [-0.2, 0) is 6.61 Å². The standard InChI is InChI=1S/C11H9N3O/c12-5-10(6-13)7-14-11-3-1-2-9(4-11)8-15/h1-4,7,14-15H,8H2. The minimum absolute atomic E-state index is 0.00408. The maximum atomic E-state index is 8.88. The van der Waals surface area contributed by atoms with Gasteiger partial charge in [-0.3, -0.25) is 0 Å². The molecule has 0 atom stereocenters. The van der Waals surface area contributed by atoms with Crippen LogP contribution in [0.3, 0.4) is 0 Å². The zero-order valence-corrected chi connectivity index (χ0v) is 7.94. The molecule has 0 bridgehead atoms. The lowest BCUT2D eigenvalue weighted by atomic mass is 10.2. The number of nitriles is 2. The predicted octanol–water partition coefficient (Wildman–Crippen LogP) is 1.52. The van der Waals surface area contributed by atoms with Crippen LogP contribution < -0.4 is 5.32 Å². The van der Waals surface area contributed by atoms with Crippen molar-refractivity contribution in [1.29, 1.82) is 10.5 Å². The van der Waals surface area contributed by atoms with E-state index < -0.39 is 0 Å². The second-order valence-corrected chi connectivity index (χ2v) is 2.78. The molecule has 0 fully saturated rings. The summed E-state index contributed by atoms with van der Waals surface area (Å²) in [5, 5.41) is 28.7. The maximum Gasteiger partial charge on any atom is 0.145 e.